The van der Waals surface area contributed by atoms with Crippen LogP contribution in [0.3, 0.4) is 0 Å². The highest BCUT2D eigenvalue weighted by Gasteiger charge is 2.23. The van der Waals surface area contributed by atoms with E-state index < -0.39 is 0 Å². The number of carbonyl (C=O) groups is 1. The third kappa shape index (κ3) is 0.848. The molecule has 2 heteroatoms. The highest BCUT2D eigenvalue weighted by atomic mass is 16.2. The predicted molar refractivity (Wildman–Crippen MR) is 45.8 cm³/mol. The summed E-state index contributed by atoms with van der Waals surface area (Å²) < 4.78 is 0. The van der Waals surface area contributed by atoms with Gasteiger partial charge in [-0.25, -0.2) is 0 Å². The van der Waals surface area contributed by atoms with Crippen molar-refractivity contribution in [1.82, 2.24) is 0 Å². The number of benzene rings is 1. The van der Waals surface area contributed by atoms with E-state index in [0.717, 1.165) is 17.4 Å². The lowest BCUT2D eigenvalue weighted by Crippen LogP contribution is -1.92. The first-order valence-electron chi connectivity index (χ1n) is 3.79. The molecule has 0 spiro atoms. The van der Waals surface area contributed by atoms with Crippen LogP contribution in [0.5, 0.6) is 0 Å². The molecule has 12 heavy (non-hydrogen) atoms. The Hall–Kier alpha value is -1.57. The van der Waals surface area contributed by atoms with Crippen molar-refractivity contribution in [2.75, 3.05) is 0 Å². The van der Waals surface area contributed by atoms with Crippen LogP contribution in [0.1, 0.15) is 11.1 Å². The van der Waals surface area contributed by atoms with Crippen LogP contribution in [0.2, 0.25) is 0 Å². The van der Waals surface area contributed by atoms with Crippen LogP contribution in [-0.4, -0.2) is 10.9 Å². The quantitative estimate of drug-likeness (QED) is 0.463. The zero-order valence-electron chi connectivity index (χ0n) is 6.45. The van der Waals surface area contributed by atoms with Gasteiger partial charge in [0.25, 0.3) is 0 Å². The largest absolute Gasteiger partial charge is 0.515 e. The van der Waals surface area contributed by atoms with Gasteiger partial charge in [-0.15, -0.1) is 0 Å². The van der Waals surface area contributed by atoms with Gasteiger partial charge >= 0.3 is 0 Å². The number of aliphatic hydroxyl groups excluding tert-OH is 1. The van der Waals surface area contributed by atoms with Gasteiger partial charge in [0.15, 0.2) is 5.78 Å². The van der Waals surface area contributed by atoms with Crippen LogP contribution in [0, 0.1) is 0 Å². The Kier molecular flexibility index (Phi) is 1.47. The SMILES string of the molecule is O=C1Cc2ccccc2/C1=C\O. The number of fused-ring (bicyclic) bond motifs is 1. The molecule has 0 fully saturated rings. The summed E-state index contributed by atoms with van der Waals surface area (Å²) in [6.45, 7) is 0. The van der Waals surface area contributed by atoms with E-state index in [2.05, 4.69) is 0 Å². The fourth-order valence-corrected chi connectivity index (χ4v) is 1.50. The summed E-state index contributed by atoms with van der Waals surface area (Å²) in [5.74, 6) is -0.00120. The van der Waals surface area contributed by atoms with Gasteiger partial charge < -0.3 is 5.11 Å². The molecule has 0 saturated heterocycles. The fourth-order valence-electron chi connectivity index (χ4n) is 1.50. The van der Waals surface area contributed by atoms with Crippen LogP contribution >= 0.6 is 0 Å². The molecule has 0 bridgehead atoms. The third-order valence-electron chi connectivity index (χ3n) is 2.09. The Morgan fingerprint density at radius 2 is 2.08 bits per heavy atom. The van der Waals surface area contributed by atoms with Crippen LogP contribution in [0.4, 0.5) is 0 Å². The van der Waals surface area contributed by atoms with Gasteiger partial charge in [0, 0.05) is 6.42 Å². The number of allylic oxidation sites excluding steroid dienone is 1. The maximum atomic E-state index is 11.2. The Bertz CT molecular complexity index is 364. The maximum absolute atomic E-state index is 11.2. The topological polar surface area (TPSA) is 37.3 Å². The summed E-state index contributed by atoms with van der Waals surface area (Å²) in [6, 6.07) is 7.51. The standard InChI is InChI=1S/C10H8O2/c11-6-9-8-4-2-1-3-7(8)5-10(9)12/h1-4,6,11H,5H2/b9-6+. The lowest BCUT2D eigenvalue weighted by atomic mass is 10.1. The molecule has 0 aliphatic heterocycles. The number of aliphatic hydroxyl groups is 1. The monoisotopic (exact) mass is 160 g/mol. The first-order valence-corrected chi connectivity index (χ1v) is 3.79. The Balaban J connectivity index is 2.62. The van der Waals surface area contributed by atoms with Crippen molar-refractivity contribution in [3.8, 4) is 0 Å². The number of hydrogen-bond acceptors (Lipinski definition) is 2. The molecule has 1 aliphatic carbocycles. The fraction of sp³-hybridized carbons (Fsp3) is 0.100. The summed E-state index contributed by atoms with van der Waals surface area (Å²) in [4.78, 5) is 11.2. The smallest absolute Gasteiger partial charge is 0.170 e. The van der Waals surface area contributed by atoms with Gasteiger partial charge in [-0.2, -0.15) is 0 Å². The predicted octanol–water partition coefficient (Wildman–Crippen LogP) is 1.71. The van der Waals surface area contributed by atoms with Crippen molar-refractivity contribution in [2.45, 2.75) is 6.42 Å². The molecule has 1 aromatic carbocycles. The summed E-state index contributed by atoms with van der Waals surface area (Å²) in [6.07, 6.45) is 1.32. The second-order valence-corrected chi connectivity index (χ2v) is 2.80. The van der Waals surface area contributed by atoms with Crippen LogP contribution in [-0.2, 0) is 11.2 Å². The van der Waals surface area contributed by atoms with Crippen molar-refractivity contribution in [1.29, 1.82) is 0 Å². The van der Waals surface area contributed by atoms with Crippen molar-refractivity contribution in [3.63, 3.8) is 0 Å². The highest BCUT2D eigenvalue weighted by Crippen LogP contribution is 2.28. The second-order valence-electron chi connectivity index (χ2n) is 2.80. The van der Waals surface area contributed by atoms with E-state index in [0.29, 0.717) is 12.0 Å². The van der Waals surface area contributed by atoms with Gasteiger partial charge in [-0.1, -0.05) is 24.3 Å². The van der Waals surface area contributed by atoms with E-state index in [4.69, 9.17) is 5.11 Å². The van der Waals surface area contributed by atoms with Crippen molar-refractivity contribution in [3.05, 3.63) is 41.7 Å². The number of hydrogen-bond donors (Lipinski definition) is 1. The number of Topliss-reactive ketones (excluding diaryl/α,β-unsaturated/α-hetero) is 1. The van der Waals surface area contributed by atoms with E-state index in [-0.39, 0.29) is 5.78 Å². The van der Waals surface area contributed by atoms with E-state index in [1.807, 2.05) is 24.3 Å². The normalized spacial score (nSPS) is 18.3. The first kappa shape index (κ1) is 7.10. The van der Waals surface area contributed by atoms with E-state index >= 15 is 0 Å². The van der Waals surface area contributed by atoms with E-state index in [1.165, 1.54) is 0 Å². The van der Waals surface area contributed by atoms with Crippen molar-refractivity contribution < 1.29 is 9.90 Å². The van der Waals surface area contributed by atoms with Gasteiger partial charge in [-0.05, 0) is 11.1 Å². The molecule has 2 rings (SSSR count). The minimum absolute atomic E-state index is 0.00120. The van der Waals surface area contributed by atoms with E-state index in [1.54, 1.807) is 0 Å². The van der Waals surface area contributed by atoms with Gasteiger partial charge in [-0.3, -0.25) is 4.79 Å². The average molecular weight is 160 g/mol. The molecular formula is C10H8O2. The average Bonchev–Trinajstić information content (AvgIpc) is 2.40. The maximum Gasteiger partial charge on any atom is 0.170 e. The minimum atomic E-state index is -0.00120. The zero-order chi connectivity index (χ0) is 8.55. The van der Waals surface area contributed by atoms with Gasteiger partial charge in [0.2, 0.25) is 0 Å². The minimum Gasteiger partial charge on any atom is -0.515 e. The van der Waals surface area contributed by atoms with Crippen molar-refractivity contribution >= 4 is 11.4 Å². The van der Waals surface area contributed by atoms with Crippen LogP contribution < -0.4 is 0 Å². The second kappa shape index (κ2) is 2.48. The Morgan fingerprint density at radius 3 is 2.83 bits per heavy atom. The lowest BCUT2D eigenvalue weighted by Gasteiger charge is -1.95. The summed E-state index contributed by atoms with van der Waals surface area (Å²) in [5, 5.41) is 8.80. The van der Waals surface area contributed by atoms with Crippen molar-refractivity contribution in [2.24, 2.45) is 0 Å². The van der Waals surface area contributed by atoms with Crippen LogP contribution in [0.25, 0.3) is 5.57 Å². The van der Waals surface area contributed by atoms with Gasteiger partial charge in [0.05, 0.1) is 11.8 Å². The number of ketones is 1. The van der Waals surface area contributed by atoms with E-state index in [9.17, 15) is 4.79 Å². The molecule has 0 unspecified atom stereocenters. The number of carbonyl (C=O) groups excluding carboxylic acids is 1. The number of rotatable bonds is 0. The Labute approximate surface area is 70.2 Å². The summed E-state index contributed by atoms with van der Waals surface area (Å²) >= 11 is 0. The molecule has 1 aromatic rings. The summed E-state index contributed by atoms with van der Waals surface area (Å²) in [7, 11) is 0. The molecule has 0 aromatic heterocycles. The molecule has 1 aliphatic rings. The molecule has 1 N–H and O–H groups in total. The molecule has 0 saturated carbocycles. The molecule has 60 valence electrons. The molecule has 0 radical (unpaired) electrons. The molecule has 0 amide bonds. The molecular weight excluding hydrogens is 152 g/mol. The molecule has 0 heterocycles. The Morgan fingerprint density at radius 1 is 1.33 bits per heavy atom. The first-order chi connectivity index (χ1) is 5.83. The third-order valence-corrected chi connectivity index (χ3v) is 2.09. The summed E-state index contributed by atoms with van der Waals surface area (Å²) in [5.41, 5.74) is 2.30. The lowest BCUT2D eigenvalue weighted by molar-refractivity contribution is -0.112. The van der Waals surface area contributed by atoms with Crippen LogP contribution in [0.15, 0.2) is 30.5 Å². The zero-order valence-corrected chi connectivity index (χ0v) is 6.45. The van der Waals surface area contributed by atoms with Gasteiger partial charge in [0.1, 0.15) is 0 Å². The highest BCUT2D eigenvalue weighted by molar-refractivity contribution is 6.25. The molecule has 0 atom stereocenters. The molecule has 2 nitrogen and oxygen atoms in total.